The zero-order valence-electron chi connectivity index (χ0n) is 12.1. The summed E-state index contributed by atoms with van der Waals surface area (Å²) in [7, 11) is -4.34. The number of aromatic hydroxyl groups is 1. The summed E-state index contributed by atoms with van der Waals surface area (Å²) in [5.41, 5.74) is 0.291. The van der Waals surface area contributed by atoms with Crippen LogP contribution in [0.15, 0.2) is 12.7 Å². The van der Waals surface area contributed by atoms with E-state index in [1.165, 1.54) is 10.9 Å². The number of hydrogen-bond acceptors (Lipinski definition) is 9. The predicted octanol–water partition coefficient (Wildman–Crippen LogP) is -1.70. The standard InChI is InChI=1S/C11H15N4O8P/c16-7-5(1-22-4-24(19,20)21)23-11(8(7)17)15-3-14-6-9(15)12-2-13-10(6)18/h2-3,5,7-8,11,16-17H,1,4H2,(H,12,13,18)(H2,19,20,21)/t5-,7-,8-,11-/m1/s1. The molecule has 4 atom stereocenters. The van der Waals surface area contributed by atoms with Crippen molar-refractivity contribution in [2.45, 2.75) is 24.5 Å². The molecule has 3 rings (SSSR count). The largest absolute Gasteiger partial charge is 0.492 e. The van der Waals surface area contributed by atoms with Crippen LogP contribution in [0.4, 0.5) is 0 Å². The Morgan fingerprint density at radius 3 is 2.71 bits per heavy atom. The van der Waals surface area contributed by atoms with Crippen molar-refractivity contribution in [2.24, 2.45) is 0 Å². The van der Waals surface area contributed by atoms with Crippen molar-refractivity contribution in [3.63, 3.8) is 0 Å². The number of aromatic nitrogens is 4. The maximum Gasteiger partial charge on any atom is 0.350 e. The van der Waals surface area contributed by atoms with Crippen molar-refractivity contribution < 1.29 is 39.1 Å². The Kier molecular flexibility index (Phi) is 4.53. The molecule has 1 saturated heterocycles. The van der Waals surface area contributed by atoms with Gasteiger partial charge in [-0.05, 0) is 0 Å². The van der Waals surface area contributed by atoms with Gasteiger partial charge in [0.15, 0.2) is 17.4 Å². The summed E-state index contributed by atoms with van der Waals surface area (Å²) < 4.78 is 22.4. The number of ether oxygens (including phenoxy) is 2. The van der Waals surface area contributed by atoms with E-state index in [2.05, 4.69) is 15.0 Å². The molecule has 0 radical (unpaired) electrons. The molecule has 0 aromatic carbocycles. The normalized spacial score (nSPS) is 27.8. The lowest BCUT2D eigenvalue weighted by atomic mass is 10.1. The third-order valence-electron chi connectivity index (χ3n) is 3.49. The molecule has 3 heterocycles. The van der Waals surface area contributed by atoms with Crippen molar-refractivity contribution in [1.29, 1.82) is 0 Å². The lowest BCUT2D eigenvalue weighted by molar-refractivity contribution is -0.0612. The van der Waals surface area contributed by atoms with E-state index in [-0.39, 0.29) is 23.7 Å². The molecule has 0 amide bonds. The van der Waals surface area contributed by atoms with Crippen LogP contribution in [0.5, 0.6) is 5.88 Å². The van der Waals surface area contributed by atoms with Crippen LogP contribution in [0.1, 0.15) is 6.23 Å². The summed E-state index contributed by atoms with van der Waals surface area (Å²) in [4.78, 5) is 28.9. The van der Waals surface area contributed by atoms with Crippen LogP contribution < -0.4 is 0 Å². The maximum absolute atomic E-state index is 10.7. The zero-order valence-corrected chi connectivity index (χ0v) is 13.0. The predicted molar refractivity (Wildman–Crippen MR) is 75.8 cm³/mol. The van der Waals surface area contributed by atoms with Gasteiger partial charge in [0.2, 0.25) is 5.88 Å². The zero-order chi connectivity index (χ0) is 17.5. The minimum absolute atomic E-state index is 0.101. The summed E-state index contributed by atoms with van der Waals surface area (Å²) in [6.45, 7) is -0.327. The third kappa shape index (κ3) is 3.26. The molecule has 0 unspecified atom stereocenters. The average Bonchev–Trinajstić information content (AvgIpc) is 3.03. The Morgan fingerprint density at radius 2 is 2.00 bits per heavy atom. The summed E-state index contributed by atoms with van der Waals surface area (Å²) in [6, 6.07) is 0. The number of aliphatic hydroxyl groups is 2. The average molecular weight is 362 g/mol. The fourth-order valence-corrected chi connectivity index (χ4v) is 2.75. The molecule has 1 fully saturated rings. The van der Waals surface area contributed by atoms with Crippen molar-refractivity contribution in [1.82, 2.24) is 19.5 Å². The quantitative estimate of drug-likeness (QED) is 0.383. The molecular weight excluding hydrogens is 347 g/mol. The lowest BCUT2D eigenvalue weighted by Crippen LogP contribution is -2.33. The molecule has 1 aliphatic rings. The van der Waals surface area contributed by atoms with E-state index in [0.717, 1.165) is 6.33 Å². The second-order valence-corrected chi connectivity index (χ2v) is 6.82. The first-order valence-electron chi connectivity index (χ1n) is 6.78. The molecule has 0 bridgehead atoms. The first kappa shape index (κ1) is 17.2. The fraction of sp³-hybridized carbons (Fsp3) is 0.545. The number of aliphatic hydroxyl groups excluding tert-OH is 2. The molecule has 1 aliphatic heterocycles. The van der Waals surface area contributed by atoms with Gasteiger partial charge in [-0.2, -0.15) is 4.98 Å². The summed E-state index contributed by atoms with van der Waals surface area (Å²) in [5.74, 6) is -0.340. The smallest absolute Gasteiger partial charge is 0.350 e. The molecule has 12 nitrogen and oxygen atoms in total. The van der Waals surface area contributed by atoms with Crippen molar-refractivity contribution in [3.8, 4) is 5.88 Å². The molecule has 5 N–H and O–H groups in total. The van der Waals surface area contributed by atoms with E-state index in [1.807, 2.05) is 0 Å². The highest BCUT2D eigenvalue weighted by Crippen LogP contribution is 2.36. The van der Waals surface area contributed by atoms with Gasteiger partial charge < -0.3 is 34.6 Å². The van der Waals surface area contributed by atoms with Gasteiger partial charge in [-0.25, -0.2) is 9.97 Å². The first-order valence-corrected chi connectivity index (χ1v) is 8.58. The van der Waals surface area contributed by atoms with Crippen LogP contribution in [0.2, 0.25) is 0 Å². The van der Waals surface area contributed by atoms with Crippen LogP contribution in [0.25, 0.3) is 11.2 Å². The summed E-state index contributed by atoms with van der Waals surface area (Å²) >= 11 is 0. The number of imidazole rings is 1. The minimum Gasteiger partial charge on any atom is -0.492 e. The van der Waals surface area contributed by atoms with Gasteiger partial charge in [0.1, 0.15) is 31.0 Å². The van der Waals surface area contributed by atoms with E-state index in [0.29, 0.717) is 0 Å². The first-order chi connectivity index (χ1) is 11.3. The highest BCUT2D eigenvalue weighted by atomic mass is 31.2. The number of nitrogens with zero attached hydrogens (tertiary/aromatic N) is 4. The molecule has 0 aliphatic carbocycles. The second-order valence-electron chi connectivity index (χ2n) is 5.23. The van der Waals surface area contributed by atoms with Crippen molar-refractivity contribution in [2.75, 3.05) is 13.0 Å². The molecular formula is C11H15N4O8P. The van der Waals surface area contributed by atoms with Crippen LogP contribution in [-0.2, 0) is 14.0 Å². The van der Waals surface area contributed by atoms with Gasteiger partial charge in [0.25, 0.3) is 0 Å². The highest BCUT2D eigenvalue weighted by Gasteiger charge is 2.44. The monoisotopic (exact) mass is 362 g/mol. The summed E-state index contributed by atoms with van der Waals surface area (Å²) in [5, 5.41) is 29.8. The third-order valence-corrected chi connectivity index (χ3v) is 4.01. The van der Waals surface area contributed by atoms with Gasteiger partial charge in [0.05, 0.1) is 12.9 Å². The Balaban J connectivity index is 1.77. The van der Waals surface area contributed by atoms with Gasteiger partial charge >= 0.3 is 7.60 Å². The molecule has 2 aromatic rings. The van der Waals surface area contributed by atoms with Crippen LogP contribution >= 0.6 is 7.60 Å². The number of fused-ring (bicyclic) bond motifs is 1. The highest BCUT2D eigenvalue weighted by molar-refractivity contribution is 7.51. The minimum atomic E-state index is -4.34. The molecule has 0 spiro atoms. The van der Waals surface area contributed by atoms with Gasteiger partial charge in [0, 0.05) is 0 Å². The van der Waals surface area contributed by atoms with Gasteiger partial charge in [-0.3, -0.25) is 9.13 Å². The molecule has 132 valence electrons. The summed E-state index contributed by atoms with van der Waals surface area (Å²) in [6.07, 6.45) is -3.24. The Morgan fingerprint density at radius 1 is 1.25 bits per heavy atom. The topological polar surface area (TPSA) is 180 Å². The van der Waals surface area contributed by atoms with E-state index >= 15 is 0 Å². The Bertz CT molecular complexity index is 778. The lowest BCUT2D eigenvalue weighted by Gasteiger charge is -2.16. The molecule has 24 heavy (non-hydrogen) atoms. The van der Waals surface area contributed by atoms with E-state index in [4.69, 9.17) is 19.3 Å². The van der Waals surface area contributed by atoms with Gasteiger partial charge in [-0.15, -0.1) is 0 Å². The van der Waals surface area contributed by atoms with Crippen LogP contribution in [0.3, 0.4) is 0 Å². The van der Waals surface area contributed by atoms with E-state index in [9.17, 15) is 19.9 Å². The van der Waals surface area contributed by atoms with E-state index in [1.54, 1.807) is 0 Å². The number of rotatable bonds is 5. The van der Waals surface area contributed by atoms with Crippen LogP contribution in [-0.4, -0.2) is 75.9 Å². The van der Waals surface area contributed by atoms with Crippen LogP contribution in [0, 0.1) is 0 Å². The molecule has 0 saturated carbocycles. The SMILES string of the molecule is O=P(O)(O)COC[C@H]1O[C@@H](n2cnc3c(O)ncnc32)[C@H](O)[C@@H]1O. The fourth-order valence-electron chi connectivity index (χ4n) is 2.41. The Labute approximate surface area is 134 Å². The van der Waals surface area contributed by atoms with E-state index < -0.39 is 38.5 Å². The van der Waals surface area contributed by atoms with Gasteiger partial charge in [-0.1, -0.05) is 0 Å². The Hall–Kier alpha value is -1.66. The maximum atomic E-state index is 10.7. The molecule has 2 aromatic heterocycles. The van der Waals surface area contributed by atoms with Crippen molar-refractivity contribution in [3.05, 3.63) is 12.7 Å². The number of hydrogen-bond donors (Lipinski definition) is 5. The second kappa shape index (κ2) is 6.33. The van der Waals surface area contributed by atoms with Crippen molar-refractivity contribution >= 4 is 18.8 Å². The molecule has 13 heteroatoms.